The van der Waals surface area contributed by atoms with E-state index in [9.17, 15) is 14.4 Å². The van der Waals surface area contributed by atoms with Crippen LogP contribution in [-0.4, -0.2) is 27.9 Å². The number of carboxylic acid groups (broad SMARTS) is 2. The summed E-state index contributed by atoms with van der Waals surface area (Å²) in [6.45, 7) is 1.58. The van der Waals surface area contributed by atoms with Crippen LogP contribution in [0.5, 0.6) is 0 Å². The average molecular weight is 268 g/mol. The van der Waals surface area contributed by atoms with Crippen LogP contribution < -0.4 is 0 Å². The first kappa shape index (κ1) is 15.4. The number of rotatable bonds is 6. The minimum Gasteiger partial charge on any atom is -0.478 e. The van der Waals surface area contributed by atoms with Gasteiger partial charge in [0.2, 0.25) is 0 Å². The predicted molar refractivity (Wildman–Crippen MR) is 68.8 cm³/mol. The minimum atomic E-state index is -1.30. The molecule has 0 aromatic rings. The Labute approximate surface area is 112 Å². The number of Topliss-reactive ketones (excluding diaryl/α,β-unsaturated/α-hetero) is 1. The van der Waals surface area contributed by atoms with E-state index in [0.29, 0.717) is 0 Å². The summed E-state index contributed by atoms with van der Waals surface area (Å²) in [5.74, 6) is -2.79. The average Bonchev–Trinajstić information content (AvgIpc) is 2.38. The molecule has 1 rings (SSSR count). The van der Waals surface area contributed by atoms with E-state index in [-0.39, 0.29) is 35.7 Å². The third-order valence-electron chi connectivity index (χ3n) is 3.65. The number of hydrogen-bond donors (Lipinski definition) is 2. The summed E-state index contributed by atoms with van der Waals surface area (Å²) in [6.07, 6.45) is 4.51. The second kappa shape index (κ2) is 7.07. The Morgan fingerprint density at radius 2 is 1.47 bits per heavy atom. The maximum atomic E-state index is 12.1. The second-order valence-corrected chi connectivity index (χ2v) is 4.90. The van der Waals surface area contributed by atoms with Gasteiger partial charge in [0.1, 0.15) is 5.78 Å². The van der Waals surface area contributed by atoms with E-state index in [0.717, 1.165) is 32.1 Å². The molecule has 5 heteroatoms. The summed E-state index contributed by atoms with van der Waals surface area (Å²) in [5, 5.41) is 18.1. The lowest BCUT2D eigenvalue weighted by Crippen LogP contribution is -2.21. The minimum absolute atomic E-state index is 0.102. The highest BCUT2D eigenvalue weighted by molar-refractivity contribution is 6.02. The molecule has 1 aliphatic carbocycles. The maximum absolute atomic E-state index is 12.1. The number of ketones is 1. The van der Waals surface area contributed by atoms with Gasteiger partial charge in [-0.25, -0.2) is 9.59 Å². The molecule has 0 spiro atoms. The summed E-state index contributed by atoms with van der Waals surface area (Å²) in [5.41, 5.74) is -0.428. The number of aliphatic carboxylic acids is 2. The zero-order valence-corrected chi connectivity index (χ0v) is 11.1. The molecular weight excluding hydrogens is 248 g/mol. The standard InChI is InChI=1S/C14H20O5/c1-2-10(13(16)17)11(14(18)19)8-12(15)9-6-4-3-5-7-9/h9H,2-8H2,1H3,(H,16,17)(H,18,19). The van der Waals surface area contributed by atoms with Crippen molar-refractivity contribution in [1.82, 2.24) is 0 Å². The summed E-state index contributed by atoms with van der Waals surface area (Å²) in [6, 6.07) is 0. The van der Waals surface area contributed by atoms with E-state index in [2.05, 4.69) is 0 Å². The maximum Gasteiger partial charge on any atom is 0.332 e. The molecule has 0 aliphatic heterocycles. The third-order valence-corrected chi connectivity index (χ3v) is 3.65. The van der Waals surface area contributed by atoms with Gasteiger partial charge in [0.05, 0.1) is 5.57 Å². The van der Waals surface area contributed by atoms with Crippen LogP contribution in [0.3, 0.4) is 0 Å². The number of carboxylic acids is 2. The molecule has 0 saturated heterocycles. The van der Waals surface area contributed by atoms with Gasteiger partial charge < -0.3 is 10.2 Å². The van der Waals surface area contributed by atoms with Crippen molar-refractivity contribution in [2.75, 3.05) is 0 Å². The highest BCUT2D eigenvalue weighted by atomic mass is 16.4. The first-order valence-electron chi connectivity index (χ1n) is 6.68. The van der Waals surface area contributed by atoms with Crippen molar-refractivity contribution in [2.24, 2.45) is 5.92 Å². The molecule has 106 valence electrons. The Bertz CT molecular complexity index is 402. The molecule has 1 saturated carbocycles. The zero-order valence-electron chi connectivity index (χ0n) is 11.1. The molecular formula is C14H20O5. The van der Waals surface area contributed by atoms with Gasteiger partial charge in [-0.3, -0.25) is 4.79 Å². The monoisotopic (exact) mass is 268 g/mol. The van der Waals surface area contributed by atoms with Crippen LogP contribution in [-0.2, 0) is 14.4 Å². The Balaban J connectivity index is 2.87. The van der Waals surface area contributed by atoms with Gasteiger partial charge in [-0.1, -0.05) is 26.2 Å². The molecule has 0 amide bonds. The first-order chi connectivity index (χ1) is 8.97. The molecule has 0 radical (unpaired) electrons. The SMILES string of the molecule is CCC(C(=O)O)=C(CC(=O)C1CCCCC1)C(=O)O. The number of carbonyl (C=O) groups excluding carboxylic acids is 1. The fourth-order valence-electron chi connectivity index (χ4n) is 2.55. The van der Waals surface area contributed by atoms with Crippen molar-refractivity contribution in [3.63, 3.8) is 0 Å². The van der Waals surface area contributed by atoms with E-state index in [1.54, 1.807) is 6.92 Å². The Hall–Kier alpha value is -1.65. The van der Waals surface area contributed by atoms with Crippen LogP contribution in [0, 0.1) is 5.92 Å². The molecule has 1 fully saturated rings. The molecule has 0 atom stereocenters. The quantitative estimate of drug-likeness (QED) is 0.722. The fraction of sp³-hybridized carbons (Fsp3) is 0.643. The van der Waals surface area contributed by atoms with E-state index in [1.807, 2.05) is 0 Å². The molecule has 1 aliphatic rings. The van der Waals surface area contributed by atoms with E-state index < -0.39 is 11.9 Å². The van der Waals surface area contributed by atoms with Gasteiger partial charge in [-0.2, -0.15) is 0 Å². The fourth-order valence-corrected chi connectivity index (χ4v) is 2.55. The van der Waals surface area contributed by atoms with Crippen LogP contribution in [0.25, 0.3) is 0 Å². The van der Waals surface area contributed by atoms with Gasteiger partial charge in [0, 0.05) is 17.9 Å². The lowest BCUT2D eigenvalue weighted by atomic mass is 9.83. The topological polar surface area (TPSA) is 91.7 Å². The normalized spacial score (nSPS) is 17.7. The van der Waals surface area contributed by atoms with Gasteiger partial charge >= 0.3 is 11.9 Å². The van der Waals surface area contributed by atoms with Gasteiger partial charge in [0.15, 0.2) is 0 Å². The molecule has 0 heterocycles. The summed E-state index contributed by atoms with van der Waals surface area (Å²) in [7, 11) is 0. The summed E-state index contributed by atoms with van der Waals surface area (Å²) < 4.78 is 0. The lowest BCUT2D eigenvalue weighted by molar-refractivity contribution is -0.136. The molecule has 0 aromatic heterocycles. The van der Waals surface area contributed by atoms with Gasteiger partial charge in [-0.05, 0) is 19.3 Å². The molecule has 0 unspecified atom stereocenters. The molecule has 0 aromatic carbocycles. The van der Waals surface area contributed by atoms with Crippen molar-refractivity contribution < 1.29 is 24.6 Å². The summed E-state index contributed by atoms with van der Waals surface area (Å²) >= 11 is 0. The van der Waals surface area contributed by atoms with Crippen LogP contribution in [0.15, 0.2) is 11.1 Å². The van der Waals surface area contributed by atoms with E-state index >= 15 is 0 Å². The molecule has 2 N–H and O–H groups in total. The Kier molecular flexibility index (Phi) is 5.73. The van der Waals surface area contributed by atoms with Crippen molar-refractivity contribution >= 4 is 17.7 Å². The van der Waals surface area contributed by atoms with Gasteiger partial charge in [0.25, 0.3) is 0 Å². The van der Waals surface area contributed by atoms with Crippen LogP contribution in [0.4, 0.5) is 0 Å². The van der Waals surface area contributed by atoms with Crippen molar-refractivity contribution in [3.8, 4) is 0 Å². The lowest BCUT2D eigenvalue weighted by Gasteiger charge is -2.20. The molecule has 5 nitrogen and oxygen atoms in total. The highest BCUT2D eigenvalue weighted by Gasteiger charge is 2.26. The smallest absolute Gasteiger partial charge is 0.332 e. The predicted octanol–water partition coefficient (Wildman–Crippen LogP) is 2.40. The third kappa shape index (κ3) is 4.19. The second-order valence-electron chi connectivity index (χ2n) is 4.90. The Morgan fingerprint density at radius 3 is 1.89 bits per heavy atom. The van der Waals surface area contributed by atoms with Crippen LogP contribution in [0.2, 0.25) is 0 Å². The molecule has 19 heavy (non-hydrogen) atoms. The largest absolute Gasteiger partial charge is 0.478 e. The first-order valence-corrected chi connectivity index (χ1v) is 6.68. The van der Waals surface area contributed by atoms with E-state index in [4.69, 9.17) is 10.2 Å². The van der Waals surface area contributed by atoms with Crippen LogP contribution in [0.1, 0.15) is 51.9 Å². The number of carbonyl (C=O) groups is 3. The van der Waals surface area contributed by atoms with Gasteiger partial charge in [-0.15, -0.1) is 0 Å². The van der Waals surface area contributed by atoms with Crippen LogP contribution >= 0.6 is 0 Å². The van der Waals surface area contributed by atoms with E-state index in [1.165, 1.54) is 0 Å². The van der Waals surface area contributed by atoms with Crippen molar-refractivity contribution in [1.29, 1.82) is 0 Å². The van der Waals surface area contributed by atoms with Crippen molar-refractivity contribution in [3.05, 3.63) is 11.1 Å². The summed E-state index contributed by atoms with van der Waals surface area (Å²) in [4.78, 5) is 34.2. The number of hydrogen-bond acceptors (Lipinski definition) is 3. The highest BCUT2D eigenvalue weighted by Crippen LogP contribution is 2.27. The molecule has 0 bridgehead atoms. The Morgan fingerprint density at radius 1 is 0.947 bits per heavy atom. The van der Waals surface area contributed by atoms with Crippen molar-refractivity contribution in [2.45, 2.75) is 51.9 Å². The zero-order chi connectivity index (χ0) is 14.4.